The average Bonchev–Trinajstić information content (AvgIpc) is 3.26. The van der Waals surface area contributed by atoms with Gasteiger partial charge in [0.1, 0.15) is 0 Å². The minimum atomic E-state index is -0.916. The lowest BCUT2D eigenvalue weighted by molar-refractivity contribution is -0.117. The number of hydrogen-bond acceptors (Lipinski definition) is 3. The number of carboxylic acid groups (broad SMARTS) is 1. The van der Waals surface area contributed by atoms with E-state index in [1.54, 1.807) is 12.1 Å². The Bertz CT molecular complexity index is 818. The van der Waals surface area contributed by atoms with E-state index in [4.69, 9.17) is 9.84 Å². The fraction of sp³-hybridized carbons (Fsp3) is 0.364. The van der Waals surface area contributed by atoms with Crippen molar-refractivity contribution < 1.29 is 19.4 Å². The second kappa shape index (κ2) is 7.53. The smallest absolute Gasteiger partial charge is 0.335 e. The zero-order valence-corrected chi connectivity index (χ0v) is 15.0. The van der Waals surface area contributed by atoms with E-state index in [0.29, 0.717) is 17.9 Å². The highest BCUT2D eigenvalue weighted by atomic mass is 16.5. The van der Waals surface area contributed by atoms with Crippen LogP contribution in [0.1, 0.15) is 35.2 Å². The Hall–Kier alpha value is -2.66. The van der Waals surface area contributed by atoms with Gasteiger partial charge in [0.25, 0.3) is 0 Å². The second-order valence-corrected chi connectivity index (χ2v) is 7.44. The molecule has 4 unspecified atom stereocenters. The molecule has 0 aromatic heterocycles. The number of ether oxygens (including phenoxy) is 1. The number of fused-ring (bicyclic) bond motifs is 2. The molecule has 2 saturated heterocycles. The minimum Gasteiger partial charge on any atom is -0.478 e. The van der Waals surface area contributed by atoms with Crippen molar-refractivity contribution in [2.75, 3.05) is 5.32 Å². The lowest BCUT2D eigenvalue weighted by Gasteiger charge is -2.27. The molecule has 2 fully saturated rings. The van der Waals surface area contributed by atoms with Crippen LogP contribution in [0, 0.1) is 11.8 Å². The lowest BCUT2D eigenvalue weighted by atomic mass is 9.74. The van der Waals surface area contributed by atoms with Gasteiger partial charge in [0.2, 0.25) is 5.91 Å². The van der Waals surface area contributed by atoms with E-state index in [1.165, 1.54) is 0 Å². The molecule has 2 aromatic rings. The summed E-state index contributed by atoms with van der Waals surface area (Å²) in [6, 6.07) is 16.5. The van der Waals surface area contributed by atoms with Gasteiger partial charge in [-0.25, -0.2) is 4.79 Å². The molecule has 0 spiro atoms. The van der Waals surface area contributed by atoms with Crippen LogP contribution >= 0.6 is 0 Å². The first kappa shape index (κ1) is 17.7. The van der Waals surface area contributed by atoms with E-state index in [-0.39, 0.29) is 24.0 Å². The van der Waals surface area contributed by atoms with Crippen LogP contribution in [0.5, 0.6) is 0 Å². The topological polar surface area (TPSA) is 75.6 Å². The summed E-state index contributed by atoms with van der Waals surface area (Å²) in [5, 5.41) is 12.0. The number of rotatable bonds is 6. The van der Waals surface area contributed by atoms with Crippen LogP contribution in [0.2, 0.25) is 0 Å². The van der Waals surface area contributed by atoms with Crippen molar-refractivity contribution in [3.63, 3.8) is 0 Å². The van der Waals surface area contributed by atoms with E-state index in [2.05, 4.69) is 5.32 Å². The van der Waals surface area contributed by atoms with Gasteiger partial charge in [0.05, 0.1) is 17.8 Å². The number of carbonyl (C=O) groups is 2. The van der Waals surface area contributed by atoms with Crippen LogP contribution in [0.4, 0.5) is 5.69 Å². The lowest BCUT2D eigenvalue weighted by Crippen LogP contribution is -2.32. The predicted octanol–water partition coefficient (Wildman–Crippen LogP) is 3.75. The third-order valence-corrected chi connectivity index (χ3v) is 5.74. The summed E-state index contributed by atoms with van der Waals surface area (Å²) in [6.45, 7) is 0. The maximum atomic E-state index is 12.5. The number of amides is 1. The molecule has 2 bridgehead atoms. The van der Waals surface area contributed by atoms with Crippen molar-refractivity contribution in [1.82, 2.24) is 0 Å². The van der Waals surface area contributed by atoms with Crippen LogP contribution in [0.25, 0.3) is 0 Å². The average molecular weight is 365 g/mol. The number of benzene rings is 2. The molecule has 0 saturated carbocycles. The highest BCUT2D eigenvalue weighted by Crippen LogP contribution is 2.46. The van der Waals surface area contributed by atoms with Gasteiger partial charge in [-0.15, -0.1) is 0 Å². The molecule has 2 N–H and O–H groups in total. The van der Waals surface area contributed by atoms with Gasteiger partial charge < -0.3 is 15.2 Å². The van der Waals surface area contributed by atoms with Crippen molar-refractivity contribution in [1.29, 1.82) is 0 Å². The number of anilines is 1. The zero-order chi connectivity index (χ0) is 18.8. The predicted molar refractivity (Wildman–Crippen MR) is 102 cm³/mol. The van der Waals surface area contributed by atoms with Crippen molar-refractivity contribution >= 4 is 17.6 Å². The van der Waals surface area contributed by atoms with E-state index < -0.39 is 5.97 Å². The van der Waals surface area contributed by atoms with Gasteiger partial charge in [-0.2, -0.15) is 0 Å². The Morgan fingerprint density at radius 2 is 1.63 bits per heavy atom. The molecule has 4 rings (SSSR count). The van der Waals surface area contributed by atoms with Gasteiger partial charge in [-0.05, 0) is 60.9 Å². The van der Waals surface area contributed by atoms with Crippen LogP contribution < -0.4 is 5.32 Å². The van der Waals surface area contributed by atoms with Crippen LogP contribution in [-0.2, 0) is 16.0 Å². The van der Waals surface area contributed by atoms with Crippen molar-refractivity contribution in [3.8, 4) is 0 Å². The van der Waals surface area contributed by atoms with Gasteiger partial charge in [-0.3, -0.25) is 4.79 Å². The third kappa shape index (κ3) is 3.88. The first-order chi connectivity index (χ1) is 13.1. The number of hydrogen-bond donors (Lipinski definition) is 2. The van der Waals surface area contributed by atoms with Gasteiger partial charge in [0.15, 0.2) is 0 Å². The Morgan fingerprint density at radius 1 is 0.963 bits per heavy atom. The molecule has 2 aromatic carbocycles. The van der Waals surface area contributed by atoms with Gasteiger partial charge in [0, 0.05) is 12.1 Å². The van der Waals surface area contributed by atoms with Crippen molar-refractivity contribution in [2.24, 2.45) is 11.8 Å². The van der Waals surface area contributed by atoms with Crippen LogP contribution in [0.3, 0.4) is 0 Å². The molecule has 4 atom stereocenters. The first-order valence-electron chi connectivity index (χ1n) is 9.43. The Labute approximate surface area is 158 Å². The summed E-state index contributed by atoms with van der Waals surface area (Å²) in [6.07, 6.45) is 3.67. The van der Waals surface area contributed by atoms with Crippen molar-refractivity contribution in [3.05, 3.63) is 65.7 Å². The summed E-state index contributed by atoms with van der Waals surface area (Å²) in [7, 11) is 0. The number of nitrogens with one attached hydrogen (secondary N) is 1. The van der Waals surface area contributed by atoms with Gasteiger partial charge >= 0.3 is 5.97 Å². The summed E-state index contributed by atoms with van der Waals surface area (Å²) < 4.78 is 6.11. The van der Waals surface area contributed by atoms with E-state index >= 15 is 0 Å². The molecule has 27 heavy (non-hydrogen) atoms. The summed E-state index contributed by atoms with van der Waals surface area (Å²) in [4.78, 5) is 23.6. The summed E-state index contributed by atoms with van der Waals surface area (Å²) >= 11 is 0. The highest BCUT2D eigenvalue weighted by molar-refractivity contribution is 5.91. The fourth-order valence-corrected chi connectivity index (χ4v) is 4.44. The molecule has 2 aliphatic heterocycles. The summed E-state index contributed by atoms with van der Waals surface area (Å²) in [5.74, 6) is -0.401. The molecule has 0 radical (unpaired) electrons. The second-order valence-electron chi connectivity index (χ2n) is 7.44. The molecular formula is C22H23NO4. The molecule has 1 amide bonds. The highest BCUT2D eigenvalue weighted by Gasteiger charge is 2.49. The summed E-state index contributed by atoms with van der Waals surface area (Å²) in [5.41, 5.74) is 2.20. The molecule has 5 heteroatoms. The maximum absolute atomic E-state index is 12.5. The maximum Gasteiger partial charge on any atom is 0.335 e. The quantitative estimate of drug-likeness (QED) is 0.817. The molecule has 140 valence electrons. The van der Waals surface area contributed by atoms with E-state index in [9.17, 15) is 9.59 Å². The normalized spacial score (nSPS) is 26.1. The number of carboxylic acids is 1. The van der Waals surface area contributed by atoms with E-state index in [1.807, 2.05) is 42.5 Å². The standard InChI is InChI=1S/C22H23NO4/c24-21(23-16-4-2-1-3-5-16)13-18-17(19-10-11-20(18)27-19)12-14-6-8-15(9-7-14)22(25)26/h1-9,17-20H,10-13H2,(H,23,24)(H,25,26). The first-order valence-corrected chi connectivity index (χ1v) is 9.43. The van der Waals surface area contributed by atoms with Crippen LogP contribution in [-0.4, -0.2) is 29.2 Å². The number of carbonyl (C=O) groups excluding carboxylic acids is 1. The molecule has 2 heterocycles. The number of aromatic carboxylic acids is 1. The SMILES string of the molecule is O=C(CC1C2CCC(O2)C1Cc1ccc(C(=O)O)cc1)Nc1ccccc1. The molecule has 2 aliphatic rings. The third-order valence-electron chi connectivity index (χ3n) is 5.74. The molecular weight excluding hydrogens is 342 g/mol. The van der Waals surface area contributed by atoms with E-state index in [0.717, 1.165) is 30.5 Å². The minimum absolute atomic E-state index is 0.0218. The fourth-order valence-electron chi connectivity index (χ4n) is 4.44. The zero-order valence-electron chi connectivity index (χ0n) is 15.0. The van der Waals surface area contributed by atoms with Gasteiger partial charge in [-0.1, -0.05) is 30.3 Å². The Balaban J connectivity index is 1.43. The largest absolute Gasteiger partial charge is 0.478 e. The molecule has 0 aliphatic carbocycles. The van der Waals surface area contributed by atoms with Crippen molar-refractivity contribution in [2.45, 2.75) is 37.9 Å². The Morgan fingerprint density at radius 3 is 2.30 bits per heavy atom. The van der Waals surface area contributed by atoms with Crippen LogP contribution in [0.15, 0.2) is 54.6 Å². The molecule has 5 nitrogen and oxygen atoms in total. The number of para-hydroxylation sites is 1. The monoisotopic (exact) mass is 365 g/mol. The Kier molecular flexibility index (Phi) is 4.94.